The molecule has 0 N–H and O–H groups in total. The van der Waals surface area contributed by atoms with E-state index in [0.717, 1.165) is 36.7 Å². The van der Waals surface area contributed by atoms with Crippen LogP contribution < -0.4 is 0 Å². The SMILES string of the molecule is O=CC1=CC=C(C2=CCC(Cl)C(Cl)=C2)CC1. The first kappa shape index (κ1) is 11.7. The Kier molecular flexibility index (Phi) is 3.67. The van der Waals surface area contributed by atoms with Crippen molar-refractivity contribution < 1.29 is 4.79 Å². The third-order valence-electron chi connectivity index (χ3n) is 2.84. The quantitative estimate of drug-likeness (QED) is 0.540. The van der Waals surface area contributed by atoms with Gasteiger partial charge in [-0.2, -0.15) is 0 Å². The monoisotopic (exact) mass is 254 g/mol. The Morgan fingerprint density at radius 2 is 2.12 bits per heavy atom. The van der Waals surface area contributed by atoms with Gasteiger partial charge in [-0.1, -0.05) is 29.8 Å². The molecule has 1 atom stereocenters. The Labute approximate surface area is 105 Å². The third-order valence-corrected chi connectivity index (χ3v) is 3.74. The molecule has 1 nitrogen and oxygen atoms in total. The number of allylic oxidation sites excluding steroid dienone is 8. The van der Waals surface area contributed by atoms with Crippen LogP contribution in [0, 0.1) is 0 Å². The van der Waals surface area contributed by atoms with Crippen molar-refractivity contribution in [2.45, 2.75) is 24.6 Å². The zero-order chi connectivity index (χ0) is 11.5. The lowest BCUT2D eigenvalue weighted by atomic mass is 9.91. The van der Waals surface area contributed by atoms with Crippen LogP contribution in [0.5, 0.6) is 0 Å². The smallest absolute Gasteiger partial charge is 0.146 e. The number of aldehydes is 1. The number of halogens is 2. The van der Waals surface area contributed by atoms with E-state index in [9.17, 15) is 4.79 Å². The molecule has 0 fully saturated rings. The Bertz CT molecular complexity index is 427. The summed E-state index contributed by atoms with van der Waals surface area (Å²) in [5, 5.41) is 0.612. The molecule has 1 unspecified atom stereocenters. The van der Waals surface area contributed by atoms with Gasteiger partial charge in [0.15, 0.2) is 0 Å². The predicted octanol–water partition coefficient (Wildman–Crippen LogP) is 3.89. The minimum atomic E-state index is -0.0873. The van der Waals surface area contributed by atoms with Gasteiger partial charge in [-0.25, -0.2) is 0 Å². The molecule has 0 radical (unpaired) electrons. The number of carbonyl (C=O) groups excluding carboxylic acids is 1. The summed E-state index contributed by atoms with van der Waals surface area (Å²) in [5.41, 5.74) is 3.22. The maximum atomic E-state index is 10.6. The van der Waals surface area contributed by atoms with Crippen LogP contribution in [0.15, 0.2) is 46.1 Å². The first-order valence-corrected chi connectivity index (χ1v) is 6.08. The summed E-state index contributed by atoms with van der Waals surface area (Å²) in [6.07, 6.45) is 11.3. The lowest BCUT2D eigenvalue weighted by Gasteiger charge is -2.18. The molecule has 0 aromatic heterocycles. The normalized spacial score (nSPS) is 25.2. The summed E-state index contributed by atoms with van der Waals surface area (Å²) in [7, 11) is 0. The second kappa shape index (κ2) is 5.03. The van der Waals surface area contributed by atoms with Crippen LogP contribution in [0.2, 0.25) is 0 Å². The molecule has 0 heterocycles. The van der Waals surface area contributed by atoms with Crippen LogP contribution in [0.4, 0.5) is 0 Å². The van der Waals surface area contributed by atoms with Gasteiger partial charge in [-0.15, -0.1) is 11.6 Å². The molecule has 0 saturated heterocycles. The molecule has 0 aliphatic heterocycles. The number of carbonyl (C=O) groups is 1. The predicted molar refractivity (Wildman–Crippen MR) is 67.7 cm³/mol. The zero-order valence-corrected chi connectivity index (χ0v) is 10.3. The molecule has 0 aromatic rings. The van der Waals surface area contributed by atoms with Gasteiger partial charge in [0.2, 0.25) is 0 Å². The number of rotatable bonds is 2. The van der Waals surface area contributed by atoms with Crippen LogP contribution in [0.1, 0.15) is 19.3 Å². The van der Waals surface area contributed by atoms with Crippen molar-refractivity contribution in [2.75, 3.05) is 0 Å². The first-order chi connectivity index (χ1) is 7.70. The fraction of sp³-hybridized carbons (Fsp3) is 0.308. The molecule has 0 aromatic carbocycles. The Morgan fingerprint density at radius 3 is 2.69 bits per heavy atom. The molecule has 2 rings (SSSR count). The van der Waals surface area contributed by atoms with Crippen LogP contribution in [-0.4, -0.2) is 11.7 Å². The standard InChI is InChI=1S/C13H12Cl2O/c14-12-6-5-11(7-13(12)15)10-3-1-9(8-16)2-4-10/h1,3,5,7-8,12H,2,4,6H2. The Hall–Kier alpha value is -0.790. The van der Waals surface area contributed by atoms with Crippen molar-refractivity contribution in [1.29, 1.82) is 0 Å². The van der Waals surface area contributed by atoms with E-state index in [0.29, 0.717) is 5.03 Å². The summed E-state index contributed by atoms with van der Waals surface area (Å²) in [5.74, 6) is 0. The van der Waals surface area contributed by atoms with Crippen LogP contribution >= 0.6 is 23.2 Å². The average molecular weight is 255 g/mol. The molecular weight excluding hydrogens is 243 g/mol. The molecule has 0 bridgehead atoms. The molecule has 0 saturated carbocycles. The maximum Gasteiger partial charge on any atom is 0.146 e. The molecular formula is C13H12Cl2O. The van der Waals surface area contributed by atoms with Gasteiger partial charge in [0.1, 0.15) is 6.29 Å². The molecule has 0 spiro atoms. The summed E-state index contributed by atoms with van der Waals surface area (Å²) in [6.45, 7) is 0. The fourth-order valence-corrected chi connectivity index (χ4v) is 2.22. The highest BCUT2D eigenvalue weighted by atomic mass is 35.5. The summed E-state index contributed by atoms with van der Waals surface area (Å²) in [6, 6.07) is 0. The second-order valence-corrected chi connectivity index (χ2v) is 4.91. The Morgan fingerprint density at radius 1 is 1.31 bits per heavy atom. The second-order valence-electron chi connectivity index (χ2n) is 3.94. The van der Waals surface area contributed by atoms with Crippen molar-refractivity contribution in [3.8, 4) is 0 Å². The summed E-state index contributed by atoms with van der Waals surface area (Å²) in [4.78, 5) is 10.6. The van der Waals surface area contributed by atoms with E-state index in [1.807, 2.05) is 18.2 Å². The largest absolute Gasteiger partial charge is 0.298 e. The van der Waals surface area contributed by atoms with E-state index in [1.54, 1.807) is 0 Å². The van der Waals surface area contributed by atoms with Gasteiger partial charge in [0.05, 0.1) is 5.38 Å². The van der Waals surface area contributed by atoms with E-state index in [2.05, 4.69) is 6.08 Å². The number of alkyl halides is 1. The van der Waals surface area contributed by atoms with Crippen LogP contribution in [0.25, 0.3) is 0 Å². The van der Waals surface area contributed by atoms with Crippen LogP contribution in [0.3, 0.4) is 0 Å². The Balaban J connectivity index is 2.19. The van der Waals surface area contributed by atoms with Crippen molar-refractivity contribution in [3.05, 3.63) is 46.1 Å². The van der Waals surface area contributed by atoms with E-state index >= 15 is 0 Å². The van der Waals surface area contributed by atoms with E-state index in [-0.39, 0.29) is 5.38 Å². The van der Waals surface area contributed by atoms with Gasteiger partial charge < -0.3 is 0 Å². The zero-order valence-electron chi connectivity index (χ0n) is 8.75. The van der Waals surface area contributed by atoms with Crippen molar-refractivity contribution in [3.63, 3.8) is 0 Å². The molecule has 3 heteroatoms. The van der Waals surface area contributed by atoms with Crippen molar-refractivity contribution >= 4 is 29.5 Å². The van der Waals surface area contributed by atoms with Gasteiger partial charge in [0.25, 0.3) is 0 Å². The van der Waals surface area contributed by atoms with Crippen LogP contribution in [-0.2, 0) is 4.79 Å². The van der Waals surface area contributed by atoms with Gasteiger partial charge in [-0.3, -0.25) is 4.79 Å². The lowest BCUT2D eigenvalue weighted by Crippen LogP contribution is -2.05. The minimum Gasteiger partial charge on any atom is -0.298 e. The van der Waals surface area contributed by atoms with Gasteiger partial charge in [-0.05, 0) is 42.1 Å². The van der Waals surface area contributed by atoms with Crippen molar-refractivity contribution in [2.24, 2.45) is 0 Å². The number of hydrogen-bond acceptors (Lipinski definition) is 1. The highest BCUT2D eigenvalue weighted by Crippen LogP contribution is 2.32. The molecule has 16 heavy (non-hydrogen) atoms. The van der Waals surface area contributed by atoms with Crippen molar-refractivity contribution in [1.82, 2.24) is 0 Å². The van der Waals surface area contributed by atoms with Gasteiger partial charge >= 0.3 is 0 Å². The summed E-state index contributed by atoms with van der Waals surface area (Å²) >= 11 is 12.0. The minimum absolute atomic E-state index is 0.0873. The maximum absolute atomic E-state index is 10.6. The average Bonchev–Trinajstić information content (AvgIpc) is 2.33. The molecule has 2 aliphatic carbocycles. The van der Waals surface area contributed by atoms with E-state index in [1.165, 1.54) is 5.57 Å². The van der Waals surface area contributed by atoms with E-state index in [4.69, 9.17) is 23.2 Å². The number of hydrogen-bond donors (Lipinski definition) is 0. The lowest BCUT2D eigenvalue weighted by molar-refractivity contribution is -0.105. The molecule has 2 aliphatic rings. The summed E-state index contributed by atoms with van der Waals surface area (Å²) < 4.78 is 0. The molecule has 84 valence electrons. The topological polar surface area (TPSA) is 17.1 Å². The molecule has 0 amide bonds. The third kappa shape index (κ3) is 2.47. The van der Waals surface area contributed by atoms with E-state index < -0.39 is 0 Å². The first-order valence-electron chi connectivity index (χ1n) is 5.27. The highest BCUT2D eigenvalue weighted by Gasteiger charge is 2.16. The van der Waals surface area contributed by atoms with Gasteiger partial charge in [0, 0.05) is 5.03 Å². The fourth-order valence-electron chi connectivity index (χ4n) is 1.86. The highest BCUT2D eigenvalue weighted by molar-refractivity contribution is 6.37.